The lowest BCUT2D eigenvalue weighted by atomic mass is 9.95. The number of nitrogens with one attached hydrogen (secondary N) is 2. The normalized spacial score (nSPS) is 17.0. The Bertz CT molecular complexity index is 2200. The van der Waals surface area contributed by atoms with Gasteiger partial charge in [-0.25, -0.2) is 4.57 Å². The average molecular weight is 1530 g/mol. The van der Waals surface area contributed by atoms with Crippen molar-refractivity contribution < 1.29 is 86.0 Å². The van der Waals surface area contributed by atoms with Crippen molar-refractivity contribution in [2.75, 3.05) is 32.8 Å². The molecule has 0 radical (unpaired) electrons. The zero-order chi connectivity index (χ0) is 78.7. The van der Waals surface area contributed by atoms with Gasteiger partial charge < -0.3 is 59.3 Å². The molecule has 22 nitrogen and oxygen atoms in total. The van der Waals surface area contributed by atoms with Crippen LogP contribution >= 0.6 is 7.82 Å². The summed E-state index contributed by atoms with van der Waals surface area (Å²) in [6.07, 6.45) is 34.6. The number of nitrogens with two attached hydrogens (primary N) is 1. The Labute approximate surface area is 644 Å². The molecular formula is C83H159N4O18P. The van der Waals surface area contributed by atoms with Crippen LogP contribution in [-0.2, 0) is 71.1 Å². The molecule has 106 heavy (non-hydrogen) atoms. The van der Waals surface area contributed by atoms with E-state index >= 15 is 0 Å². The molecule has 7 N–H and O–H groups in total. The Morgan fingerprint density at radius 2 is 0.736 bits per heavy atom. The molecule has 0 spiro atoms. The number of carbonyl (C=O) groups excluding carboxylic acids is 7. The van der Waals surface area contributed by atoms with Crippen LogP contribution in [0.4, 0.5) is 0 Å². The molecule has 23 heteroatoms. The monoisotopic (exact) mass is 1530 g/mol. The number of phosphoric ester groups is 1. The van der Waals surface area contributed by atoms with E-state index in [0.29, 0.717) is 57.8 Å². The minimum Gasteiger partial charge on any atom is -0.462 e. The molecule has 0 bridgehead atoms. The van der Waals surface area contributed by atoms with Gasteiger partial charge in [-0.1, -0.05) is 306 Å². The molecule has 0 aromatic heterocycles. The summed E-state index contributed by atoms with van der Waals surface area (Å²) < 4.78 is 54.5. The van der Waals surface area contributed by atoms with E-state index in [0.717, 1.165) is 186 Å². The summed E-state index contributed by atoms with van der Waals surface area (Å²) in [5.74, 6) is -4.87. The van der Waals surface area contributed by atoms with Gasteiger partial charge in [-0.15, -0.1) is 0 Å². The highest BCUT2D eigenvalue weighted by Crippen LogP contribution is 2.42. The minimum absolute atomic E-state index is 0.137. The van der Waals surface area contributed by atoms with Gasteiger partial charge >= 0.3 is 31.7 Å². The average Bonchev–Trinajstić information content (AvgIpc) is 0.780. The van der Waals surface area contributed by atoms with Crippen LogP contribution in [0.2, 0.25) is 0 Å². The number of carbonyl (C=O) groups is 7. The topological polar surface area (TPSA) is 315 Å². The van der Waals surface area contributed by atoms with Gasteiger partial charge in [-0.05, 0) is 77.4 Å². The quantitative estimate of drug-likeness (QED) is 0.0143. The maximum absolute atomic E-state index is 14.7. The third-order valence-electron chi connectivity index (χ3n) is 20.0. The Hall–Kier alpha value is -3.60. The number of aliphatic hydroxyl groups excluding tert-OH is 1. The number of hydrogen-bond acceptors (Lipinski definition) is 18. The fourth-order valence-corrected chi connectivity index (χ4v) is 14.0. The van der Waals surface area contributed by atoms with E-state index < -0.39 is 130 Å². The number of ether oxygens (including phenoxy) is 6. The van der Waals surface area contributed by atoms with Crippen molar-refractivity contribution in [2.45, 2.75) is 458 Å². The highest BCUT2D eigenvalue weighted by molar-refractivity contribution is 7.46. The van der Waals surface area contributed by atoms with Crippen LogP contribution < -0.4 is 16.4 Å². The third kappa shape index (κ3) is 58.3. The standard InChI is InChI=1S/C77H144N3O18P.C6H15N/c1-7-13-19-24-29-32-37-40-46-51-62(93-69(84)54-45-18-12-6)57-67(82)79-73-75(97-72(87)59-64(53-48-42-39-34-31-26-21-15-9-3)95-71(86)56-50-44-36-28-23-17-11-5)74(98-99(89,90)91)66(60-81)96-77(73)92-61-65(78)76(88)80-68(83)58-63(52-47-41-38-33-30-25-20-14-8-2)94-70(85)55-49-43-35-27-22-16-10-4;1-4-7(5-2)6-3/h62-66,73-75,77,81H,7-61,78H2,1-6H3,(H,79,82)(H,80,83,88)(H2,89,90,91);4-6H2,1-3H3/t62-,63-,64-,65+,66-,73-,74-,75-,77+;/m1./s1. The van der Waals surface area contributed by atoms with E-state index in [1.807, 2.05) is 6.92 Å². The number of hydrogen-bond donors (Lipinski definition) is 6. The van der Waals surface area contributed by atoms with Gasteiger partial charge in [0.25, 0.3) is 0 Å². The second-order valence-electron chi connectivity index (χ2n) is 29.8. The fourth-order valence-electron chi connectivity index (χ4n) is 13.4. The summed E-state index contributed by atoms with van der Waals surface area (Å²) in [4.78, 5) is 120. The van der Waals surface area contributed by atoms with E-state index in [1.54, 1.807) is 0 Å². The summed E-state index contributed by atoms with van der Waals surface area (Å²) >= 11 is 0. The Kier molecular flexibility index (Phi) is 68.1. The Morgan fingerprint density at radius 1 is 0.425 bits per heavy atom. The molecule has 1 aliphatic rings. The predicted molar refractivity (Wildman–Crippen MR) is 423 cm³/mol. The van der Waals surface area contributed by atoms with E-state index in [2.05, 4.69) is 70.9 Å². The van der Waals surface area contributed by atoms with E-state index in [4.69, 9.17) is 38.7 Å². The first-order valence-electron chi connectivity index (χ1n) is 43.2. The molecule has 0 aliphatic carbocycles. The zero-order valence-electron chi connectivity index (χ0n) is 68.6. The fraction of sp³-hybridized carbons (Fsp3) is 0.916. The molecule has 1 rings (SSSR count). The lowest BCUT2D eigenvalue weighted by Crippen LogP contribution is -2.66. The molecule has 1 aliphatic heterocycles. The number of rotatable bonds is 71. The van der Waals surface area contributed by atoms with Crippen LogP contribution in [0, 0.1) is 0 Å². The Balaban J connectivity index is 0.0000149. The number of phosphoric acid groups is 1. The molecule has 0 saturated carbocycles. The number of aliphatic hydroxyl groups is 1. The summed E-state index contributed by atoms with van der Waals surface area (Å²) in [7, 11) is -5.52. The molecule has 0 aromatic carbocycles. The lowest BCUT2D eigenvalue weighted by molar-refractivity contribution is -0.271. The van der Waals surface area contributed by atoms with Crippen molar-refractivity contribution in [2.24, 2.45) is 5.73 Å². The third-order valence-corrected chi connectivity index (χ3v) is 20.5. The van der Waals surface area contributed by atoms with E-state index in [-0.39, 0.29) is 25.7 Å². The van der Waals surface area contributed by atoms with Crippen molar-refractivity contribution in [1.29, 1.82) is 0 Å². The van der Waals surface area contributed by atoms with E-state index in [9.17, 15) is 53.0 Å². The Morgan fingerprint density at radius 3 is 1.07 bits per heavy atom. The molecule has 0 unspecified atom stereocenters. The second kappa shape index (κ2) is 70.5. The van der Waals surface area contributed by atoms with Crippen LogP contribution in [-0.4, -0.2) is 149 Å². The highest BCUT2D eigenvalue weighted by atomic mass is 31.2. The van der Waals surface area contributed by atoms with Crippen LogP contribution in [0.15, 0.2) is 0 Å². The van der Waals surface area contributed by atoms with E-state index in [1.165, 1.54) is 77.4 Å². The van der Waals surface area contributed by atoms with Crippen LogP contribution in [0.25, 0.3) is 0 Å². The molecule has 9 atom stereocenters. The van der Waals surface area contributed by atoms with Gasteiger partial charge in [0.15, 0.2) is 12.4 Å². The first-order chi connectivity index (χ1) is 51.2. The number of amides is 3. The molecule has 1 heterocycles. The number of nitrogens with zero attached hydrogens (tertiary/aromatic N) is 1. The van der Waals surface area contributed by atoms with Crippen molar-refractivity contribution >= 4 is 49.4 Å². The zero-order valence-corrected chi connectivity index (χ0v) is 69.5. The second-order valence-corrected chi connectivity index (χ2v) is 31.0. The first kappa shape index (κ1) is 102. The first-order valence-corrected chi connectivity index (χ1v) is 44.7. The molecule has 3 amide bonds. The van der Waals surface area contributed by atoms with Crippen LogP contribution in [0.3, 0.4) is 0 Å². The maximum Gasteiger partial charge on any atom is 0.470 e. The van der Waals surface area contributed by atoms with Crippen LogP contribution in [0.1, 0.15) is 403 Å². The number of imide groups is 1. The molecular weight excluding hydrogens is 1370 g/mol. The molecule has 1 fully saturated rings. The highest BCUT2D eigenvalue weighted by Gasteiger charge is 2.52. The van der Waals surface area contributed by atoms with Crippen molar-refractivity contribution in [3.05, 3.63) is 0 Å². The smallest absolute Gasteiger partial charge is 0.462 e. The largest absolute Gasteiger partial charge is 0.470 e. The summed E-state index contributed by atoms with van der Waals surface area (Å²) in [5, 5.41) is 15.9. The molecule has 624 valence electrons. The van der Waals surface area contributed by atoms with Gasteiger partial charge in [0.05, 0.1) is 32.5 Å². The molecule has 0 aromatic rings. The minimum atomic E-state index is -5.52. The summed E-state index contributed by atoms with van der Waals surface area (Å²) in [6, 6.07) is -3.33. The number of esters is 4. The lowest BCUT2D eigenvalue weighted by Gasteiger charge is -2.45. The van der Waals surface area contributed by atoms with Crippen LogP contribution in [0.5, 0.6) is 0 Å². The van der Waals surface area contributed by atoms with Crippen molar-refractivity contribution in [3.63, 3.8) is 0 Å². The number of unbranched alkanes of at least 4 members (excludes halogenated alkanes) is 38. The van der Waals surface area contributed by atoms with Crippen molar-refractivity contribution in [1.82, 2.24) is 15.5 Å². The van der Waals surface area contributed by atoms with Gasteiger partial charge in [0, 0.05) is 19.3 Å². The van der Waals surface area contributed by atoms with Gasteiger partial charge in [-0.3, -0.25) is 43.4 Å². The van der Waals surface area contributed by atoms with Gasteiger partial charge in [0.2, 0.25) is 17.7 Å². The van der Waals surface area contributed by atoms with Gasteiger partial charge in [0.1, 0.15) is 42.6 Å². The van der Waals surface area contributed by atoms with Crippen molar-refractivity contribution in [3.8, 4) is 0 Å². The van der Waals surface area contributed by atoms with Gasteiger partial charge in [-0.2, -0.15) is 0 Å². The maximum atomic E-state index is 14.7. The molecule has 1 saturated heterocycles. The predicted octanol–water partition coefficient (Wildman–Crippen LogP) is 18.4. The SMILES string of the molecule is CCCCCCCCCCC[C@H](CC(=O)NC(=O)[C@@H](N)CO[C@H]1O[C@H](CO)[C@@H](OP(=O)(O)O)[C@H](OC(=O)C[C@@H](CCCCCCCCCCC)OC(=O)CCCCCCCCC)[C@H]1NC(=O)C[C@@H](CCCCCCCCCCC)OC(=O)CCCCC)OC(=O)CCCCCCCCC.CCN(CC)CC. The summed E-state index contributed by atoms with van der Waals surface area (Å²) in [5.41, 5.74) is 6.44. The summed E-state index contributed by atoms with van der Waals surface area (Å²) in [6.45, 7) is 21.3.